The lowest BCUT2D eigenvalue weighted by Gasteiger charge is -2.18. The van der Waals surface area contributed by atoms with Crippen LogP contribution in [0.3, 0.4) is 0 Å². The van der Waals surface area contributed by atoms with Crippen molar-refractivity contribution in [1.29, 1.82) is 0 Å². The Bertz CT molecular complexity index is 932. The number of benzene rings is 1. The van der Waals surface area contributed by atoms with Crippen molar-refractivity contribution < 1.29 is 14.3 Å². The fourth-order valence-corrected chi connectivity index (χ4v) is 4.92. The zero-order valence-corrected chi connectivity index (χ0v) is 18.8. The second-order valence-corrected chi connectivity index (χ2v) is 9.03. The van der Waals surface area contributed by atoms with E-state index >= 15 is 0 Å². The molecule has 0 bridgehead atoms. The Morgan fingerprint density at radius 3 is 2.70 bits per heavy atom. The predicted molar refractivity (Wildman–Crippen MR) is 122 cm³/mol. The van der Waals surface area contributed by atoms with E-state index in [-0.39, 0.29) is 5.97 Å². The standard InChI is InChI=1S/C23H29N3O3S/c1-5-29-22(27)20-18-11-6-15(4)12-19(18)30-21(20)25-23(28)26-24-13-16-7-9-17(10-8-16)14(2)3/h7-10,13-15H,5-6,11-12H2,1-4H3,(H2,25,26,28)/b24-13+. The molecular weight excluding hydrogens is 398 g/mol. The van der Waals surface area contributed by atoms with Crippen molar-refractivity contribution in [3.63, 3.8) is 0 Å². The molecule has 6 nitrogen and oxygen atoms in total. The molecule has 0 saturated heterocycles. The normalized spacial score (nSPS) is 15.8. The van der Waals surface area contributed by atoms with Crippen molar-refractivity contribution >= 4 is 34.6 Å². The first-order valence-electron chi connectivity index (χ1n) is 10.4. The summed E-state index contributed by atoms with van der Waals surface area (Å²) in [5.74, 6) is 0.654. The van der Waals surface area contributed by atoms with Crippen LogP contribution in [0, 0.1) is 5.92 Å². The Labute approximate surface area is 181 Å². The molecule has 0 radical (unpaired) electrons. The van der Waals surface area contributed by atoms with E-state index in [1.807, 2.05) is 12.1 Å². The van der Waals surface area contributed by atoms with Crippen LogP contribution in [0.25, 0.3) is 0 Å². The van der Waals surface area contributed by atoms with Crippen LogP contribution < -0.4 is 10.7 Å². The number of rotatable bonds is 6. The number of hydrogen-bond donors (Lipinski definition) is 2. The molecule has 1 aliphatic carbocycles. The van der Waals surface area contributed by atoms with Crippen molar-refractivity contribution in [3.05, 3.63) is 51.4 Å². The zero-order chi connectivity index (χ0) is 21.7. The van der Waals surface area contributed by atoms with E-state index in [0.29, 0.717) is 29.0 Å². The van der Waals surface area contributed by atoms with Crippen molar-refractivity contribution in [2.75, 3.05) is 11.9 Å². The van der Waals surface area contributed by atoms with E-state index in [9.17, 15) is 9.59 Å². The van der Waals surface area contributed by atoms with Gasteiger partial charge in [-0.1, -0.05) is 45.0 Å². The summed E-state index contributed by atoms with van der Waals surface area (Å²) in [6, 6.07) is 7.55. The van der Waals surface area contributed by atoms with Gasteiger partial charge in [0.05, 0.1) is 18.4 Å². The lowest BCUT2D eigenvalue weighted by molar-refractivity contribution is 0.0526. The minimum atomic E-state index is -0.484. The monoisotopic (exact) mass is 427 g/mol. The number of fused-ring (bicyclic) bond motifs is 1. The van der Waals surface area contributed by atoms with Gasteiger partial charge < -0.3 is 4.74 Å². The van der Waals surface area contributed by atoms with Crippen molar-refractivity contribution in [3.8, 4) is 0 Å². The van der Waals surface area contributed by atoms with Crippen LogP contribution in [-0.2, 0) is 17.6 Å². The van der Waals surface area contributed by atoms with Gasteiger partial charge in [-0.2, -0.15) is 5.10 Å². The summed E-state index contributed by atoms with van der Waals surface area (Å²) in [6.07, 6.45) is 4.37. The van der Waals surface area contributed by atoms with Gasteiger partial charge in [-0.25, -0.2) is 15.0 Å². The number of carbonyl (C=O) groups excluding carboxylic acids is 2. The van der Waals surface area contributed by atoms with E-state index in [0.717, 1.165) is 35.3 Å². The molecule has 1 aromatic carbocycles. The van der Waals surface area contributed by atoms with Crippen LogP contribution in [0.1, 0.15) is 72.0 Å². The highest BCUT2D eigenvalue weighted by Crippen LogP contribution is 2.40. The van der Waals surface area contributed by atoms with Gasteiger partial charge in [0, 0.05) is 4.88 Å². The van der Waals surface area contributed by atoms with Gasteiger partial charge in [-0.15, -0.1) is 11.3 Å². The number of ether oxygens (including phenoxy) is 1. The summed E-state index contributed by atoms with van der Waals surface area (Å²) < 4.78 is 5.23. The number of amides is 2. The fraction of sp³-hybridized carbons (Fsp3) is 0.435. The molecule has 1 aromatic heterocycles. The first-order valence-corrected chi connectivity index (χ1v) is 11.2. The third-order valence-corrected chi connectivity index (χ3v) is 6.37. The highest BCUT2D eigenvalue weighted by Gasteiger charge is 2.29. The van der Waals surface area contributed by atoms with Gasteiger partial charge in [0.15, 0.2) is 0 Å². The van der Waals surface area contributed by atoms with Gasteiger partial charge in [0.25, 0.3) is 0 Å². The summed E-state index contributed by atoms with van der Waals surface area (Å²) in [4.78, 5) is 26.0. The molecular formula is C23H29N3O3S. The number of hydrazone groups is 1. The molecule has 30 heavy (non-hydrogen) atoms. The maximum absolute atomic E-state index is 12.5. The molecule has 2 amide bonds. The van der Waals surface area contributed by atoms with E-state index < -0.39 is 6.03 Å². The molecule has 0 spiro atoms. The topological polar surface area (TPSA) is 79.8 Å². The third kappa shape index (κ3) is 5.27. The lowest BCUT2D eigenvalue weighted by atomic mass is 9.88. The average molecular weight is 428 g/mol. The minimum Gasteiger partial charge on any atom is -0.462 e. The van der Waals surface area contributed by atoms with Gasteiger partial charge in [0.2, 0.25) is 0 Å². The fourth-order valence-electron chi connectivity index (χ4n) is 3.52. The van der Waals surface area contributed by atoms with Crippen LogP contribution >= 0.6 is 11.3 Å². The minimum absolute atomic E-state index is 0.297. The summed E-state index contributed by atoms with van der Waals surface area (Å²) in [6.45, 7) is 8.56. The quantitative estimate of drug-likeness (QED) is 0.371. The van der Waals surface area contributed by atoms with Gasteiger partial charge >= 0.3 is 12.0 Å². The summed E-state index contributed by atoms with van der Waals surface area (Å²) in [7, 11) is 0. The Balaban J connectivity index is 1.69. The Morgan fingerprint density at radius 2 is 2.03 bits per heavy atom. The average Bonchev–Trinajstić information content (AvgIpc) is 3.05. The molecule has 0 saturated carbocycles. The lowest BCUT2D eigenvalue weighted by Crippen LogP contribution is -2.25. The van der Waals surface area contributed by atoms with Crippen molar-refractivity contribution in [2.24, 2.45) is 11.0 Å². The number of esters is 1. The molecule has 1 unspecified atom stereocenters. The number of carbonyl (C=O) groups is 2. The maximum Gasteiger partial charge on any atom is 0.341 e. The van der Waals surface area contributed by atoms with E-state index in [1.54, 1.807) is 13.1 Å². The van der Waals surface area contributed by atoms with E-state index in [2.05, 4.69) is 48.7 Å². The number of anilines is 1. The van der Waals surface area contributed by atoms with Crippen molar-refractivity contribution in [1.82, 2.24) is 5.43 Å². The molecule has 1 atom stereocenters. The molecule has 3 rings (SSSR count). The van der Waals surface area contributed by atoms with E-state index in [1.165, 1.54) is 16.9 Å². The second kappa shape index (κ2) is 9.89. The molecule has 2 aromatic rings. The first kappa shape index (κ1) is 22.0. The number of nitrogens with zero attached hydrogens (tertiary/aromatic N) is 1. The first-order chi connectivity index (χ1) is 14.4. The molecule has 160 valence electrons. The number of hydrogen-bond acceptors (Lipinski definition) is 5. The number of thiophene rings is 1. The van der Waals surface area contributed by atoms with Crippen molar-refractivity contribution in [2.45, 2.75) is 52.9 Å². The van der Waals surface area contributed by atoms with Crippen LogP contribution in [0.2, 0.25) is 0 Å². The molecule has 7 heteroatoms. The van der Waals surface area contributed by atoms with Crippen LogP contribution in [-0.4, -0.2) is 24.8 Å². The second-order valence-electron chi connectivity index (χ2n) is 7.92. The summed E-state index contributed by atoms with van der Waals surface area (Å²) in [5, 5.41) is 7.33. The molecule has 1 aliphatic rings. The Hall–Kier alpha value is -2.67. The van der Waals surface area contributed by atoms with Crippen LogP contribution in [0.5, 0.6) is 0 Å². The highest BCUT2D eigenvalue weighted by molar-refractivity contribution is 7.17. The third-order valence-electron chi connectivity index (χ3n) is 5.20. The van der Waals surface area contributed by atoms with Crippen LogP contribution in [0.15, 0.2) is 29.4 Å². The zero-order valence-electron chi connectivity index (χ0n) is 18.0. The smallest absolute Gasteiger partial charge is 0.341 e. The highest BCUT2D eigenvalue weighted by atomic mass is 32.1. The molecule has 1 heterocycles. The van der Waals surface area contributed by atoms with Gasteiger partial charge in [0.1, 0.15) is 5.00 Å². The van der Waals surface area contributed by atoms with Gasteiger partial charge in [-0.05, 0) is 54.7 Å². The summed E-state index contributed by atoms with van der Waals surface area (Å²) in [5.41, 5.74) is 6.13. The molecule has 0 aliphatic heterocycles. The number of urea groups is 1. The van der Waals surface area contributed by atoms with Crippen LogP contribution in [0.4, 0.5) is 9.80 Å². The van der Waals surface area contributed by atoms with Gasteiger partial charge in [-0.3, -0.25) is 5.32 Å². The summed E-state index contributed by atoms with van der Waals surface area (Å²) >= 11 is 1.46. The molecule has 0 fully saturated rings. The SMILES string of the molecule is CCOC(=O)c1c(NC(=O)N/N=C/c2ccc(C(C)C)cc2)sc2c1CCC(C)C2. The maximum atomic E-state index is 12.5. The molecule has 2 N–H and O–H groups in total. The van der Waals surface area contributed by atoms with E-state index in [4.69, 9.17) is 4.74 Å². The predicted octanol–water partition coefficient (Wildman–Crippen LogP) is 5.33. The Kier molecular flexibility index (Phi) is 7.26. The largest absolute Gasteiger partial charge is 0.462 e. The number of nitrogens with one attached hydrogen (secondary N) is 2. The Morgan fingerprint density at radius 1 is 1.30 bits per heavy atom.